The molecule has 0 atom stereocenters. The van der Waals surface area contributed by atoms with Crippen LogP contribution in [0.1, 0.15) is 51.3 Å². The lowest BCUT2D eigenvalue weighted by Crippen LogP contribution is -2.26. The van der Waals surface area contributed by atoms with Gasteiger partial charge in [-0.15, -0.1) is 0 Å². The average molecular weight is 352 g/mol. The summed E-state index contributed by atoms with van der Waals surface area (Å²) in [6, 6.07) is 15.5. The Morgan fingerprint density at radius 1 is 0.889 bits per heavy atom. The number of hydrogen-bond donors (Lipinski definition) is 0. The second-order valence-corrected chi connectivity index (χ2v) is 9.21. The van der Waals surface area contributed by atoms with Gasteiger partial charge < -0.3 is 0 Å². The highest BCUT2D eigenvalue weighted by Gasteiger charge is 2.36. The molecule has 2 aromatic heterocycles. The molecular weight excluding hydrogens is 328 g/mol. The van der Waals surface area contributed by atoms with Gasteiger partial charge in [0.2, 0.25) is 0 Å². The van der Waals surface area contributed by atoms with E-state index in [9.17, 15) is 0 Å². The lowest BCUT2D eigenvalue weighted by Gasteiger charge is -2.36. The fourth-order valence-electron chi connectivity index (χ4n) is 4.60. The topological polar surface area (TPSA) is 25.8 Å². The number of benzene rings is 2. The van der Waals surface area contributed by atoms with Crippen LogP contribution in [0.4, 0.5) is 0 Å². The lowest BCUT2D eigenvalue weighted by atomic mass is 9.67. The quantitative estimate of drug-likeness (QED) is 0.366. The molecule has 134 valence electrons. The van der Waals surface area contributed by atoms with Crippen molar-refractivity contribution < 1.29 is 0 Å². The van der Waals surface area contributed by atoms with Gasteiger partial charge in [-0.3, -0.25) is 9.97 Å². The van der Waals surface area contributed by atoms with Gasteiger partial charge in [-0.25, -0.2) is 0 Å². The third-order valence-electron chi connectivity index (χ3n) is 6.07. The van der Waals surface area contributed by atoms with Crippen LogP contribution >= 0.6 is 0 Å². The smallest absolute Gasteiger partial charge is 0.0786 e. The van der Waals surface area contributed by atoms with E-state index in [-0.39, 0.29) is 10.8 Å². The molecule has 0 saturated carbocycles. The van der Waals surface area contributed by atoms with Crippen LogP contribution in [0.3, 0.4) is 0 Å². The van der Waals surface area contributed by atoms with E-state index in [0.29, 0.717) is 0 Å². The number of aromatic nitrogens is 2. The van der Waals surface area contributed by atoms with Crippen LogP contribution < -0.4 is 0 Å². The first-order valence-electron chi connectivity index (χ1n) is 9.61. The molecule has 1 aliphatic carbocycles. The molecule has 0 bridgehead atoms. The Morgan fingerprint density at radius 2 is 1.70 bits per heavy atom. The number of hydrogen-bond acceptors (Lipinski definition) is 2. The van der Waals surface area contributed by atoms with Crippen molar-refractivity contribution in [3.8, 4) is 11.3 Å². The summed E-state index contributed by atoms with van der Waals surface area (Å²) in [7, 11) is 0. The summed E-state index contributed by atoms with van der Waals surface area (Å²) >= 11 is 0. The molecule has 2 aromatic carbocycles. The number of rotatable bonds is 0. The van der Waals surface area contributed by atoms with Gasteiger partial charge in [-0.1, -0.05) is 58.9 Å². The van der Waals surface area contributed by atoms with Gasteiger partial charge in [0.05, 0.1) is 11.2 Å². The summed E-state index contributed by atoms with van der Waals surface area (Å²) in [6.45, 7) is 11.5. The zero-order valence-electron chi connectivity index (χ0n) is 16.6. The van der Waals surface area contributed by atoms with Crippen molar-refractivity contribution in [1.82, 2.24) is 9.97 Å². The minimum atomic E-state index is -0.118. The first kappa shape index (κ1) is 16.4. The highest BCUT2D eigenvalue weighted by molar-refractivity contribution is 6.05. The molecule has 27 heavy (non-hydrogen) atoms. The van der Waals surface area contributed by atoms with E-state index in [4.69, 9.17) is 4.98 Å². The molecule has 0 fully saturated rings. The largest absolute Gasteiger partial charge is 0.256 e. The number of pyridine rings is 2. The van der Waals surface area contributed by atoms with Crippen molar-refractivity contribution in [2.75, 3.05) is 0 Å². The van der Waals surface area contributed by atoms with Crippen LogP contribution in [0.15, 0.2) is 54.9 Å². The van der Waals surface area contributed by atoms with Crippen LogP contribution in [-0.4, -0.2) is 9.97 Å². The predicted molar refractivity (Wildman–Crippen MR) is 113 cm³/mol. The lowest BCUT2D eigenvalue weighted by molar-refractivity contribution is 0.584. The van der Waals surface area contributed by atoms with E-state index in [1.807, 2.05) is 18.5 Å². The monoisotopic (exact) mass is 352 g/mol. The first-order valence-corrected chi connectivity index (χ1v) is 9.61. The Balaban J connectivity index is 1.99. The van der Waals surface area contributed by atoms with Crippen LogP contribution in [0.25, 0.3) is 32.9 Å². The van der Waals surface area contributed by atoms with Crippen LogP contribution in [0, 0.1) is 0 Å². The molecule has 4 aromatic rings. The molecule has 2 heterocycles. The molecule has 1 aliphatic rings. The average Bonchev–Trinajstić information content (AvgIpc) is 2.64. The van der Waals surface area contributed by atoms with Crippen molar-refractivity contribution in [3.63, 3.8) is 0 Å². The fourth-order valence-corrected chi connectivity index (χ4v) is 4.60. The van der Waals surface area contributed by atoms with Gasteiger partial charge in [-0.05, 0) is 45.7 Å². The third-order valence-corrected chi connectivity index (χ3v) is 6.07. The van der Waals surface area contributed by atoms with E-state index < -0.39 is 0 Å². The normalized spacial score (nSPS) is 15.1. The number of nitrogens with zero attached hydrogens (tertiary/aromatic N) is 2. The van der Waals surface area contributed by atoms with Crippen molar-refractivity contribution in [1.29, 1.82) is 0 Å². The van der Waals surface area contributed by atoms with E-state index in [2.05, 4.69) is 76.0 Å². The van der Waals surface area contributed by atoms with Crippen molar-refractivity contribution >= 4 is 21.7 Å². The van der Waals surface area contributed by atoms with Gasteiger partial charge in [-0.2, -0.15) is 0 Å². The second-order valence-electron chi connectivity index (χ2n) is 9.21. The molecular formula is C25H24N2. The summed E-state index contributed by atoms with van der Waals surface area (Å²) < 4.78 is 0. The number of fused-ring (bicyclic) bond motifs is 4. The molecule has 0 aliphatic heterocycles. The van der Waals surface area contributed by atoms with Crippen LogP contribution in [0.5, 0.6) is 0 Å². The minimum absolute atomic E-state index is 0.102. The SMILES string of the molecule is CC(C)(C)c1cc2c3c(nccc3c1)-c1ccc3ncccc3c1C2(C)C. The Hall–Kier alpha value is -2.74. The molecule has 0 amide bonds. The molecule has 5 rings (SSSR count). The Morgan fingerprint density at radius 3 is 2.48 bits per heavy atom. The molecule has 0 radical (unpaired) electrons. The summed E-state index contributed by atoms with van der Waals surface area (Å²) in [5.74, 6) is 0. The van der Waals surface area contributed by atoms with Gasteiger partial charge in [0, 0.05) is 34.1 Å². The summed E-state index contributed by atoms with van der Waals surface area (Å²) in [4.78, 5) is 9.42. The predicted octanol–water partition coefficient (Wildman–Crippen LogP) is 6.39. The molecule has 0 unspecified atom stereocenters. The molecule has 2 heteroatoms. The van der Waals surface area contributed by atoms with Gasteiger partial charge in [0.25, 0.3) is 0 Å². The molecule has 0 spiro atoms. The standard InChI is InChI=1S/C25H24N2/c1-24(2,3)16-13-15-10-12-27-23-18-8-9-20-17(7-6-11-26-20)22(18)25(4,5)19(14-16)21(15)23/h6-14H,1-5H3. The van der Waals surface area contributed by atoms with Crippen molar-refractivity contribution in [2.45, 2.75) is 45.4 Å². The zero-order valence-corrected chi connectivity index (χ0v) is 16.6. The van der Waals surface area contributed by atoms with Crippen LogP contribution in [0.2, 0.25) is 0 Å². The summed E-state index contributed by atoms with van der Waals surface area (Å²) in [5.41, 5.74) is 7.45. The summed E-state index contributed by atoms with van der Waals surface area (Å²) in [5, 5.41) is 3.81. The molecule has 0 saturated heterocycles. The second kappa shape index (κ2) is 5.16. The minimum Gasteiger partial charge on any atom is -0.256 e. The Kier molecular flexibility index (Phi) is 3.14. The van der Waals surface area contributed by atoms with Gasteiger partial charge >= 0.3 is 0 Å². The maximum absolute atomic E-state index is 4.82. The van der Waals surface area contributed by atoms with Crippen molar-refractivity contribution in [3.05, 3.63) is 71.5 Å². The third kappa shape index (κ3) is 2.19. The maximum Gasteiger partial charge on any atom is 0.0786 e. The van der Waals surface area contributed by atoms with Crippen LogP contribution in [-0.2, 0) is 10.8 Å². The molecule has 0 N–H and O–H groups in total. The van der Waals surface area contributed by atoms with Gasteiger partial charge in [0.1, 0.15) is 0 Å². The highest BCUT2D eigenvalue weighted by Crippen LogP contribution is 2.50. The maximum atomic E-state index is 4.82. The molecule has 2 nitrogen and oxygen atoms in total. The first-order chi connectivity index (χ1) is 12.8. The zero-order chi connectivity index (χ0) is 19.0. The van der Waals surface area contributed by atoms with E-state index in [1.165, 1.54) is 38.4 Å². The highest BCUT2D eigenvalue weighted by atomic mass is 14.7. The van der Waals surface area contributed by atoms with E-state index in [0.717, 1.165) is 11.2 Å². The van der Waals surface area contributed by atoms with E-state index in [1.54, 1.807) is 0 Å². The summed E-state index contributed by atoms with van der Waals surface area (Å²) in [6.07, 6.45) is 3.82. The Labute approximate surface area is 160 Å². The Bertz CT molecular complexity index is 1230. The fraction of sp³-hybridized carbons (Fsp3) is 0.280. The van der Waals surface area contributed by atoms with Crippen molar-refractivity contribution in [2.24, 2.45) is 0 Å². The van der Waals surface area contributed by atoms with E-state index >= 15 is 0 Å². The van der Waals surface area contributed by atoms with Gasteiger partial charge in [0.15, 0.2) is 0 Å².